The first-order valence-electron chi connectivity index (χ1n) is 9.94. The van der Waals surface area contributed by atoms with Gasteiger partial charge in [-0.15, -0.1) is 24.0 Å². The number of guanidine groups is 1. The maximum Gasteiger partial charge on any atom is 0.191 e. The lowest BCUT2D eigenvalue weighted by molar-refractivity contribution is 0.178. The van der Waals surface area contributed by atoms with E-state index in [1.54, 1.807) is 21.3 Å². The summed E-state index contributed by atoms with van der Waals surface area (Å²) in [7, 11) is 4.89. The minimum atomic E-state index is 0. The molecule has 0 atom stereocenters. The number of halogens is 1. The lowest BCUT2D eigenvalue weighted by Gasteiger charge is -2.30. The van der Waals surface area contributed by atoms with Gasteiger partial charge in [0.1, 0.15) is 17.2 Å². The predicted molar refractivity (Wildman–Crippen MR) is 131 cm³/mol. The molecule has 7 nitrogen and oxygen atoms in total. The maximum atomic E-state index is 5.51. The normalized spacial score (nSPS) is 11.5. The van der Waals surface area contributed by atoms with E-state index >= 15 is 0 Å². The van der Waals surface area contributed by atoms with Gasteiger partial charge < -0.3 is 24.8 Å². The zero-order chi connectivity index (χ0) is 21.1. The Kier molecular flexibility index (Phi) is 13.8. The van der Waals surface area contributed by atoms with Gasteiger partial charge in [-0.1, -0.05) is 0 Å². The molecule has 0 aromatic heterocycles. The highest BCUT2D eigenvalue weighted by atomic mass is 127. The van der Waals surface area contributed by atoms with Crippen molar-refractivity contribution >= 4 is 29.9 Å². The molecule has 1 aromatic rings. The van der Waals surface area contributed by atoms with Crippen LogP contribution in [0.4, 0.5) is 0 Å². The smallest absolute Gasteiger partial charge is 0.191 e. The van der Waals surface area contributed by atoms with Crippen LogP contribution in [0.25, 0.3) is 0 Å². The molecule has 0 aliphatic rings. The average molecular weight is 522 g/mol. The van der Waals surface area contributed by atoms with Crippen LogP contribution in [-0.2, 0) is 6.54 Å². The Hall–Kier alpha value is -1.42. The second-order valence-corrected chi connectivity index (χ2v) is 7.06. The standard InChI is InChI=1S/C21H38N4O3.HI/c1-9-22-21(23-10-11-25(15(2)3)16(4)5)24-14-18-19(27-7)12-17(26-6)13-20(18)28-8;/h12-13,15-16H,9-11,14H2,1-8H3,(H2,22,23,24);1H. The van der Waals surface area contributed by atoms with Gasteiger partial charge >= 0.3 is 0 Å². The van der Waals surface area contributed by atoms with E-state index in [0.717, 1.165) is 31.2 Å². The molecular formula is C21H39IN4O3. The molecular weight excluding hydrogens is 483 g/mol. The Morgan fingerprint density at radius 1 is 0.966 bits per heavy atom. The van der Waals surface area contributed by atoms with Crippen molar-refractivity contribution in [1.82, 2.24) is 15.5 Å². The van der Waals surface area contributed by atoms with E-state index in [4.69, 9.17) is 19.2 Å². The summed E-state index contributed by atoms with van der Waals surface area (Å²) in [5.41, 5.74) is 0.883. The van der Waals surface area contributed by atoms with Crippen LogP contribution >= 0.6 is 24.0 Å². The highest BCUT2D eigenvalue weighted by Gasteiger charge is 2.14. The van der Waals surface area contributed by atoms with Gasteiger partial charge in [-0.2, -0.15) is 0 Å². The molecule has 0 saturated carbocycles. The van der Waals surface area contributed by atoms with E-state index in [0.29, 0.717) is 35.9 Å². The van der Waals surface area contributed by atoms with Crippen molar-refractivity contribution in [2.45, 2.75) is 53.2 Å². The summed E-state index contributed by atoms with van der Waals surface area (Å²) in [6, 6.07) is 4.71. The third-order valence-corrected chi connectivity index (χ3v) is 4.55. The highest BCUT2D eigenvalue weighted by molar-refractivity contribution is 14.0. The molecule has 0 aliphatic heterocycles. The van der Waals surface area contributed by atoms with E-state index in [-0.39, 0.29) is 24.0 Å². The summed E-state index contributed by atoms with van der Waals surface area (Å²) in [6.45, 7) is 13.9. The quantitative estimate of drug-likeness (QED) is 0.264. The van der Waals surface area contributed by atoms with Crippen molar-refractivity contribution in [2.75, 3.05) is 41.0 Å². The molecule has 0 radical (unpaired) electrons. The molecule has 2 N–H and O–H groups in total. The Balaban J connectivity index is 0.00000784. The Labute approximate surface area is 193 Å². The topological polar surface area (TPSA) is 67.4 Å². The number of nitrogens with one attached hydrogen (secondary N) is 2. The molecule has 0 unspecified atom stereocenters. The molecule has 0 saturated heterocycles. The van der Waals surface area contributed by atoms with Gasteiger partial charge in [0.15, 0.2) is 5.96 Å². The summed E-state index contributed by atoms with van der Waals surface area (Å²) in [5.74, 6) is 2.85. The minimum absolute atomic E-state index is 0. The maximum absolute atomic E-state index is 5.51. The molecule has 0 spiro atoms. The fourth-order valence-electron chi connectivity index (χ4n) is 3.15. The van der Waals surface area contributed by atoms with Gasteiger partial charge in [0.05, 0.1) is 33.4 Å². The first kappa shape index (κ1) is 27.6. The molecule has 1 aromatic carbocycles. The van der Waals surface area contributed by atoms with E-state index in [1.165, 1.54) is 0 Å². The van der Waals surface area contributed by atoms with Crippen molar-refractivity contribution in [2.24, 2.45) is 4.99 Å². The van der Waals surface area contributed by atoms with E-state index in [1.807, 2.05) is 12.1 Å². The molecule has 1 rings (SSSR count). The number of rotatable bonds is 11. The summed E-state index contributed by atoms with van der Waals surface area (Å²) in [4.78, 5) is 7.17. The molecule has 0 heterocycles. The van der Waals surface area contributed by atoms with Gasteiger partial charge in [0.25, 0.3) is 0 Å². The molecule has 0 aliphatic carbocycles. The van der Waals surface area contributed by atoms with Crippen LogP contribution in [0.15, 0.2) is 17.1 Å². The third-order valence-electron chi connectivity index (χ3n) is 4.55. The van der Waals surface area contributed by atoms with Gasteiger partial charge in [-0.05, 0) is 34.6 Å². The minimum Gasteiger partial charge on any atom is -0.496 e. The number of nitrogens with zero attached hydrogens (tertiary/aromatic N) is 2. The monoisotopic (exact) mass is 522 g/mol. The highest BCUT2D eigenvalue weighted by Crippen LogP contribution is 2.34. The lowest BCUT2D eigenvalue weighted by atomic mass is 10.1. The number of methoxy groups -OCH3 is 3. The summed E-state index contributed by atoms with van der Waals surface area (Å²) < 4.78 is 16.3. The second-order valence-electron chi connectivity index (χ2n) is 7.06. The SMILES string of the molecule is CCNC(=NCc1c(OC)cc(OC)cc1OC)NCCN(C(C)C)C(C)C.I. The van der Waals surface area contributed by atoms with Crippen molar-refractivity contribution in [3.8, 4) is 17.2 Å². The molecule has 0 fully saturated rings. The number of hydrogen-bond acceptors (Lipinski definition) is 5. The van der Waals surface area contributed by atoms with Gasteiger partial charge in [-0.3, -0.25) is 4.90 Å². The number of hydrogen-bond donors (Lipinski definition) is 2. The van der Waals surface area contributed by atoms with Crippen molar-refractivity contribution in [3.05, 3.63) is 17.7 Å². The van der Waals surface area contributed by atoms with Crippen molar-refractivity contribution in [1.29, 1.82) is 0 Å². The largest absolute Gasteiger partial charge is 0.496 e. The molecule has 8 heteroatoms. The van der Waals surface area contributed by atoms with Crippen LogP contribution in [0.3, 0.4) is 0 Å². The van der Waals surface area contributed by atoms with Gasteiger partial charge in [0, 0.05) is 43.9 Å². The molecule has 29 heavy (non-hydrogen) atoms. The fourth-order valence-corrected chi connectivity index (χ4v) is 3.15. The van der Waals surface area contributed by atoms with Crippen molar-refractivity contribution < 1.29 is 14.2 Å². The summed E-state index contributed by atoms with van der Waals surface area (Å²) in [5, 5.41) is 6.72. The number of ether oxygens (including phenoxy) is 3. The third kappa shape index (κ3) is 8.86. The Bertz CT molecular complexity index is 591. The molecule has 168 valence electrons. The summed E-state index contributed by atoms with van der Waals surface area (Å²) in [6.07, 6.45) is 0. The molecule has 0 bridgehead atoms. The zero-order valence-corrected chi connectivity index (χ0v) is 21.5. The summed E-state index contributed by atoms with van der Waals surface area (Å²) >= 11 is 0. The fraction of sp³-hybridized carbons (Fsp3) is 0.667. The van der Waals surface area contributed by atoms with Crippen LogP contribution < -0.4 is 24.8 Å². The van der Waals surface area contributed by atoms with Crippen LogP contribution in [0.1, 0.15) is 40.2 Å². The van der Waals surface area contributed by atoms with Crippen LogP contribution in [0.5, 0.6) is 17.2 Å². The first-order chi connectivity index (χ1) is 13.4. The van der Waals surface area contributed by atoms with Crippen molar-refractivity contribution in [3.63, 3.8) is 0 Å². The van der Waals surface area contributed by atoms with Crippen LogP contribution in [-0.4, -0.2) is 63.9 Å². The Morgan fingerprint density at radius 2 is 1.52 bits per heavy atom. The van der Waals surface area contributed by atoms with E-state index in [9.17, 15) is 0 Å². The number of aliphatic imine (C=N–C) groups is 1. The van der Waals surface area contributed by atoms with Crippen LogP contribution in [0.2, 0.25) is 0 Å². The Morgan fingerprint density at radius 3 is 1.93 bits per heavy atom. The average Bonchev–Trinajstić information content (AvgIpc) is 2.67. The van der Waals surface area contributed by atoms with Gasteiger partial charge in [0.2, 0.25) is 0 Å². The lowest BCUT2D eigenvalue weighted by Crippen LogP contribution is -2.45. The van der Waals surface area contributed by atoms with E-state index in [2.05, 4.69) is 50.2 Å². The first-order valence-corrected chi connectivity index (χ1v) is 9.94. The molecule has 0 amide bonds. The number of benzene rings is 1. The predicted octanol–water partition coefficient (Wildman–Crippen LogP) is 3.50. The zero-order valence-electron chi connectivity index (χ0n) is 19.2. The van der Waals surface area contributed by atoms with Crippen LogP contribution in [0, 0.1) is 0 Å². The second kappa shape index (κ2) is 14.5. The van der Waals surface area contributed by atoms with Gasteiger partial charge in [-0.25, -0.2) is 4.99 Å². The van der Waals surface area contributed by atoms with E-state index < -0.39 is 0 Å².